The molecule has 1 aromatic carbocycles. The van der Waals surface area contributed by atoms with Crippen molar-refractivity contribution >= 4 is 22.1 Å². The van der Waals surface area contributed by atoms with Gasteiger partial charge in [-0.05, 0) is 43.9 Å². The summed E-state index contributed by atoms with van der Waals surface area (Å²) >= 11 is 0. The highest BCUT2D eigenvalue weighted by molar-refractivity contribution is 5.95. The first-order chi connectivity index (χ1) is 12.2. The van der Waals surface area contributed by atoms with Gasteiger partial charge in [-0.3, -0.25) is 9.69 Å². The van der Waals surface area contributed by atoms with Crippen molar-refractivity contribution in [1.29, 1.82) is 0 Å². The predicted molar refractivity (Wildman–Crippen MR) is 103 cm³/mol. The van der Waals surface area contributed by atoms with E-state index in [4.69, 9.17) is 0 Å². The fourth-order valence-corrected chi connectivity index (χ4v) is 4.15. The number of nitrogens with one attached hydrogen (secondary N) is 1. The van der Waals surface area contributed by atoms with Crippen LogP contribution in [0.15, 0.2) is 29.2 Å². The molecule has 1 saturated heterocycles. The second-order valence-corrected chi connectivity index (χ2v) is 7.72. The van der Waals surface area contributed by atoms with E-state index in [0.29, 0.717) is 6.04 Å². The van der Waals surface area contributed by atoms with Gasteiger partial charge in [-0.1, -0.05) is 0 Å². The fourth-order valence-electron chi connectivity index (χ4n) is 4.15. The molecule has 3 fully saturated rings. The predicted octanol–water partition coefficient (Wildman–Crippen LogP) is 2.66. The van der Waals surface area contributed by atoms with Crippen molar-refractivity contribution in [2.75, 3.05) is 43.4 Å². The molecular formula is C20H26N4O. The third-order valence-electron chi connectivity index (χ3n) is 5.98. The molecule has 0 unspecified atom stereocenters. The van der Waals surface area contributed by atoms with E-state index in [1.165, 1.54) is 18.5 Å². The molecule has 5 heteroatoms. The topological polar surface area (TPSA) is 40.5 Å². The normalized spacial score (nSPS) is 21.7. The maximum Gasteiger partial charge on any atom is 0.258 e. The Morgan fingerprint density at radius 2 is 1.68 bits per heavy atom. The highest BCUT2D eigenvalue weighted by Gasteiger charge is 2.31. The summed E-state index contributed by atoms with van der Waals surface area (Å²) in [6.45, 7) is 4.47. The van der Waals surface area contributed by atoms with E-state index < -0.39 is 0 Å². The summed E-state index contributed by atoms with van der Waals surface area (Å²) in [5.74, 6) is 0. The fraction of sp³-hybridized carbons (Fsp3) is 0.550. The van der Waals surface area contributed by atoms with Gasteiger partial charge in [0.2, 0.25) is 0 Å². The highest BCUT2D eigenvalue weighted by Crippen LogP contribution is 2.36. The summed E-state index contributed by atoms with van der Waals surface area (Å²) in [7, 11) is 1.94. The lowest BCUT2D eigenvalue weighted by molar-refractivity contribution is 0.248. The Kier molecular flexibility index (Phi) is 3.52. The average molecular weight is 338 g/mol. The number of hydrogen-bond acceptors (Lipinski definition) is 4. The Morgan fingerprint density at radius 1 is 0.960 bits per heavy atom. The molecule has 1 aromatic heterocycles. The number of anilines is 2. The minimum Gasteiger partial charge on any atom is -0.386 e. The van der Waals surface area contributed by atoms with Crippen molar-refractivity contribution in [2.24, 2.45) is 0 Å². The van der Waals surface area contributed by atoms with Gasteiger partial charge in [0.25, 0.3) is 5.56 Å². The van der Waals surface area contributed by atoms with E-state index in [2.05, 4.69) is 27.2 Å². The van der Waals surface area contributed by atoms with E-state index >= 15 is 0 Å². The smallest absolute Gasteiger partial charge is 0.258 e. The molecule has 132 valence electrons. The molecule has 0 bridgehead atoms. The lowest BCUT2D eigenvalue weighted by Gasteiger charge is -2.36. The van der Waals surface area contributed by atoms with Crippen molar-refractivity contribution < 1.29 is 0 Å². The summed E-state index contributed by atoms with van der Waals surface area (Å²) in [6.07, 6.45) is 7.02. The zero-order valence-electron chi connectivity index (χ0n) is 14.9. The van der Waals surface area contributed by atoms with Crippen molar-refractivity contribution in [3.05, 3.63) is 34.7 Å². The van der Waals surface area contributed by atoms with Crippen molar-refractivity contribution in [3.63, 3.8) is 0 Å². The quantitative estimate of drug-likeness (QED) is 0.930. The monoisotopic (exact) mass is 338 g/mol. The van der Waals surface area contributed by atoms with Gasteiger partial charge in [-0.2, -0.15) is 0 Å². The van der Waals surface area contributed by atoms with Gasteiger partial charge in [-0.15, -0.1) is 0 Å². The van der Waals surface area contributed by atoms with Crippen molar-refractivity contribution in [1.82, 2.24) is 9.47 Å². The standard InChI is InChI=1S/C20H26N4O/c1-21-19-13-24(15-4-5-15)20(25)17-7-6-16(12-18(17)19)23-10-8-22(9-11-23)14-2-3-14/h6-7,12-15,21H,2-5,8-11H2,1H3. The van der Waals surface area contributed by atoms with Crippen LogP contribution >= 0.6 is 0 Å². The molecule has 2 saturated carbocycles. The summed E-state index contributed by atoms with van der Waals surface area (Å²) < 4.78 is 1.92. The molecule has 0 radical (unpaired) electrons. The molecule has 2 aromatic rings. The Bertz CT molecular complexity index is 858. The van der Waals surface area contributed by atoms with Gasteiger partial charge in [0, 0.05) is 68.0 Å². The van der Waals surface area contributed by atoms with Gasteiger partial charge in [-0.25, -0.2) is 0 Å². The number of nitrogens with zero attached hydrogens (tertiary/aromatic N) is 3. The third kappa shape index (κ3) is 2.71. The lowest BCUT2D eigenvalue weighted by Crippen LogP contribution is -2.47. The summed E-state index contributed by atoms with van der Waals surface area (Å²) in [5.41, 5.74) is 2.45. The first-order valence-electron chi connectivity index (χ1n) is 9.60. The molecule has 5 rings (SSSR count). The number of rotatable bonds is 4. The van der Waals surface area contributed by atoms with E-state index in [-0.39, 0.29) is 5.56 Å². The van der Waals surface area contributed by atoms with Crippen molar-refractivity contribution in [3.8, 4) is 0 Å². The minimum absolute atomic E-state index is 0.154. The first-order valence-corrected chi connectivity index (χ1v) is 9.60. The van der Waals surface area contributed by atoms with E-state index in [1.807, 2.05) is 23.9 Å². The van der Waals surface area contributed by atoms with E-state index in [1.54, 1.807) is 0 Å². The second kappa shape index (κ2) is 5.77. The summed E-state index contributed by atoms with van der Waals surface area (Å²) in [6, 6.07) is 7.62. The Hall–Kier alpha value is -2.01. The van der Waals surface area contributed by atoms with Crippen LogP contribution in [0.2, 0.25) is 0 Å². The van der Waals surface area contributed by atoms with Crippen LogP contribution in [-0.4, -0.2) is 48.7 Å². The third-order valence-corrected chi connectivity index (χ3v) is 5.98. The number of benzene rings is 1. The van der Waals surface area contributed by atoms with Crippen LogP contribution in [-0.2, 0) is 0 Å². The number of pyridine rings is 1. The lowest BCUT2D eigenvalue weighted by atomic mass is 10.1. The van der Waals surface area contributed by atoms with Crippen LogP contribution in [0.4, 0.5) is 11.4 Å². The molecule has 2 heterocycles. The van der Waals surface area contributed by atoms with Gasteiger partial charge >= 0.3 is 0 Å². The highest BCUT2D eigenvalue weighted by atomic mass is 16.1. The molecular weight excluding hydrogens is 312 g/mol. The second-order valence-electron chi connectivity index (χ2n) is 7.72. The molecule has 5 nitrogen and oxygen atoms in total. The molecule has 25 heavy (non-hydrogen) atoms. The Labute approximate surface area is 148 Å². The molecule has 0 atom stereocenters. The van der Waals surface area contributed by atoms with Crippen molar-refractivity contribution in [2.45, 2.75) is 37.8 Å². The Morgan fingerprint density at radius 3 is 2.32 bits per heavy atom. The summed E-state index contributed by atoms with van der Waals surface area (Å²) in [4.78, 5) is 17.9. The number of fused-ring (bicyclic) bond motifs is 1. The van der Waals surface area contributed by atoms with Crippen LogP contribution in [0, 0.1) is 0 Å². The zero-order valence-corrected chi connectivity index (χ0v) is 14.9. The van der Waals surface area contributed by atoms with Gasteiger partial charge in [0.1, 0.15) is 0 Å². The molecule has 1 aliphatic heterocycles. The summed E-state index contributed by atoms with van der Waals surface area (Å²) in [5, 5.41) is 5.17. The minimum atomic E-state index is 0.154. The van der Waals surface area contributed by atoms with Crippen LogP contribution in [0.3, 0.4) is 0 Å². The van der Waals surface area contributed by atoms with Gasteiger partial charge < -0.3 is 14.8 Å². The van der Waals surface area contributed by atoms with Gasteiger partial charge in [0.15, 0.2) is 0 Å². The Balaban J connectivity index is 1.48. The van der Waals surface area contributed by atoms with Crippen LogP contribution in [0.25, 0.3) is 10.8 Å². The molecule has 2 aliphatic carbocycles. The number of aromatic nitrogens is 1. The molecule has 1 N–H and O–H groups in total. The molecule has 0 amide bonds. The van der Waals surface area contributed by atoms with Crippen LogP contribution in [0.1, 0.15) is 31.7 Å². The maximum atomic E-state index is 12.8. The van der Waals surface area contributed by atoms with Crippen LogP contribution in [0.5, 0.6) is 0 Å². The molecule has 3 aliphatic rings. The SMILES string of the molecule is CNc1cn(C2CC2)c(=O)c2ccc(N3CCN(C4CC4)CC3)cc12. The molecule has 0 spiro atoms. The largest absolute Gasteiger partial charge is 0.386 e. The number of piperazine rings is 1. The van der Waals surface area contributed by atoms with E-state index in [9.17, 15) is 4.79 Å². The van der Waals surface area contributed by atoms with Gasteiger partial charge in [0.05, 0.1) is 5.69 Å². The maximum absolute atomic E-state index is 12.8. The average Bonchev–Trinajstić information content (AvgIpc) is 3.55. The zero-order chi connectivity index (χ0) is 17.0. The first kappa shape index (κ1) is 15.3. The van der Waals surface area contributed by atoms with Crippen LogP contribution < -0.4 is 15.8 Å². The van der Waals surface area contributed by atoms with E-state index in [0.717, 1.165) is 61.5 Å². The number of hydrogen-bond donors (Lipinski definition) is 1.